The second-order valence-electron chi connectivity index (χ2n) is 4.20. The van der Waals surface area contributed by atoms with Crippen LogP contribution in [0.1, 0.15) is 31.7 Å². The number of ether oxygens (including phenoxy) is 1. The zero-order chi connectivity index (χ0) is 14.3. The normalized spacial score (nSPS) is 11.6. The van der Waals surface area contributed by atoms with E-state index in [4.69, 9.17) is 0 Å². The molecular formula is C13H17BrF3NO. The molecule has 0 fully saturated rings. The van der Waals surface area contributed by atoms with Gasteiger partial charge in [-0.15, -0.1) is 13.2 Å². The summed E-state index contributed by atoms with van der Waals surface area (Å²) in [5.41, 5.74) is 0.915. The number of rotatable bonds is 7. The Morgan fingerprint density at radius 3 is 2.58 bits per heavy atom. The van der Waals surface area contributed by atoms with E-state index in [1.54, 1.807) is 12.1 Å². The van der Waals surface area contributed by atoms with Gasteiger partial charge >= 0.3 is 6.36 Å². The van der Waals surface area contributed by atoms with Crippen molar-refractivity contribution < 1.29 is 17.9 Å². The van der Waals surface area contributed by atoms with Gasteiger partial charge < -0.3 is 10.1 Å². The van der Waals surface area contributed by atoms with Crippen LogP contribution in [-0.4, -0.2) is 12.9 Å². The molecule has 19 heavy (non-hydrogen) atoms. The van der Waals surface area contributed by atoms with Gasteiger partial charge in [-0.05, 0) is 46.6 Å². The second kappa shape index (κ2) is 7.75. The SMILES string of the molecule is CCCCCNCc1ccc(OC(F)(F)F)c(Br)c1. The first kappa shape index (κ1) is 16.3. The number of hydrogen-bond acceptors (Lipinski definition) is 2. The lowest BCUT2D eigenvalue weighted by Gasteiger charge is -2.12. The minimum absolute atomic E-state index is 0.220. The van der Waals surface area contributed by atoms with Crippen LogP contribution < -0.4 is 10.1 Å². The third-order valence-electron chi connectivity index (χ3n) is 2.51. The number of benzene rings is 1. The van der Waals surface area contributed by atoms with Crippen molar-refractivity contribution in [3.05, 3.63) is 28.2 Å². The van der Waals surface area contributed by atoms with Crippen LogP contribution in [0.2, 0.25) is 0 Å². The highest BCUT2D eigenvalue weighted by Crippen LogP contribution is 2.30. The number of alkyl halides is 3. The van der Waals surface area contributed by atoms with Crippen molar-refractivity contribution >= 4 is 15.9 Å². The molecule has 0 aliphatic carbocycles. The van der Waals surface area contributed by atoms with E-state index < -0.39 is 6.36 Å². The van der Waals surface area contributed by atoms with Crippen molar-refractivity contribution in [3.8, 4) is 5.75 Å². The van der Waals surface area contributed by atoms with E-state index in [1.165, 1.54) is 12.5 Å². The first-order valence-corrected chi connectivity index (χ1v) is 6.96. The summed E-state index contributed by atoms with van der Waals surface area (Å²) in [5, 5.41) is 3.25. The molecule has 0 aromatic heterocycles. The van der Waals surface area contributed by atoms with Gasteiger partial charge in [-0.25, -0.2) is 0 Å². The Bertz CT molecular complexity index is 396. The highest BCUT2D eigenvalue weighted by molar-refractivity contribution is 9.10. The Labute approximate surface area is 119 Å². The van der Waals surface area contributed by atoms with Crippen molar-refractivity contribution in [2.45, 2.75) is 39.1 Å². The molecule has 1 aromatic carbocycles. The Kier molecular flexibility index (Phi) is 6.65. The van der Waals surface area contributed by atoms with Crippen molar-refractivity contribution in [1.82, 2.24) is 5.32 Å². The lowest BCUT2D eigenvalue weighted by molar-refractivity contribution is -0.274. The number of unbranched alkanes of at least 4 members (excludes halogenated alkanes) is 2. The zero-order valence-electron chi connectivity index (χ0n) is 10.7. The van der Waals surface area contributed by atoms with Gasteiger partial charge in [0.1, 0.15) is 5.75 Å². The molecule has 1 aromatic rings. The molecule has 0 aliphatic rings. The molecule has 0 heterocycles. The standard InChI is InChI=1S/C13H17BrF3NO/c1-2-3-4-7-18-9-10-5-6-12(11(14)8-10)19-13(15,16)17/h5-6,8,18H,2-4,7,9H2,1H3. The molecular weight excluding hydrogens is 323 g/mol. The van der Waals surface area contributed by atoms with Crippen LogP contribution in [0, 0.1) is 0 Å². The lowest BCUT2D eigenvalue weighted by atomic mass is 10.2. The maximum atomic E-state index is 12.1. The molecule has 0 spiro atoms. The van der Waals surface area contributed by atoms with Gasteiger partial charge in [-0.1, -0.05) is 25.8 Å². The Balaban J connectivity index is 2.47. The van der Waals surface area contributed by atoms with Gasteiger partial charge in [-0.2, -0.15) is 0 Å². The second-order valence-corrected chi connectivity index (χ2v) is 5.05. The van der Waals surface area contributed by atoms with E-state index in [1.807, 2.05) is 0 Å². The largest absolute Gasteiger partial charge is 0.573 e. The van der Waals surface area contributed by atoms with Gasteiger partial charge in [0.25, 0.3) is 0 Å². The molecule has 0 radical (unpaired) electrons. The smallest absolute Gasteiger partial charge is 0.405 e. The Morgan fingerprint density at radius 1 is 1.26 bits per heavy atom. The fourth-order valence-electron chi connectivity index (χ4n) is 1.59. The molecule has 6 heteroatoms. The molecule has 0 saturated heterocycles. The summed E-state index contributed by atoms with van der Waals surface area (Å²) < 4.78 is 40.4. The van der Waals surface area contributed by atoms with E-state index in [9.17, 15) is 13.2 Å². The molecule has 0 aliphatic heterocycles. The minimum Gasteiger partial charge on any atom is -0.405 e. The summed E-state index contributed by atoms with van der Waals surface area (Å²) in [5.74, 6) is -0.220. The van der Waals surface area contributed by atoms with E-state index in [-0.39, 0.29) is 5.75 Å². The third-order valence-corrected chi connectivity index (χ3v) is 3.13. The van der Waals surface area contributed by atoms with Gasteiger partial charge in [0.05, 0.1) is 4.47 Å². The highest BCUT2D eigenvalue weighted by Gasteiger charge is 2.31. The van der Waals surface area contributed by atoms with Gasteiger partial charge in [-0.3, -0.25) is 0 Å². The summed E-state index contributed by atoms with van der Waals surface area (Å²) in [6.45, 7) is 3.68. The first-order chi connectivity index (χ1) is 8.92. The number of nitrogens with one attached hydrogen (secondary N) is 1. The predicted molar refractivity (Wildman–Crippen MR) is 72.1 cm³/mol. The molecule has 1 rings (SSSR count). The number of hydrogen-bond donors (Lipinski definition) is 1. The van der Waals surface area contributed by atoms with Crippen molar-refractivity contribution in [2.24, 2.45) is 0 Å². The molecule has 0 unspecified atom stereocenters. The van der Waals surface area contributed by atoms with Crippen LogP contribution in [0.15, 0.2) is 22.7 Å². The topological polar surface area (TPSA) is 21.3 Å². The van der Waals surface area contributed by atoms with E-state index >= 15 is 0 Å². The summed E-state index contributed by atoms with van der Waals surface area (Å²) in [4.78, 5) is 0. The zero-order valence-corrected chi connectivity index (χ0v) is 12.3. The molecule has 0 atom stereocenters. The first-order valence-electron chi connectivity index (χ1n) is 6.17. The van der Waals surface area contributed by atoms with Crippen LogP contribution in [0.5, 0.6) is 5.75 Å². The van der Waals surface area contributed by atoms with Crippen LogP contribution >= 0.6 is 15.9 Å². The van der Waals surface area contributed by atoms with Gasteiger partial charge in [0, 0.05) is 6.54 Å². The van der Waals surface area contributed by atoms with Gasteiger partial charge in [0.2, 0.25) is 0 Å². The van der Waals surface area contributed by atoms with Crippen LogP contribution in [0.3, 0.4) is 0 Å². The minimum atomic E-state index is -4.66. The predicted octanol–water partition coefficient (Wildman–Crippen LogP) is 4.63. The lowest BCUT2D eigenvalue weighted by Crippen LogP contribution is -2.18. The monoisotopic (exact) mass is 339 g/mol. The average Bonchev–Trinajstić information content (AvgIpc) is 2.31. The van der Waals surface area contributed by atoms with E-state index in [0.717, 1.165) is 24.9 Å². The fraction of sp³-hybridized carbons (Fsp3) is 0.538. The summed E-state index contributed by atoms with van der Waals surface area (Å²) in [6.07, 6.45) is -1.22. The van der Waals surface area contributed by atoms with Crippen molar-refractivity contribution in [1.29, 1.82) is 0 Å². The molecule has 1 N–H and O–H groups in total. The molecule has 108 valence electrons. The van der Waals surface area contributed by atoms with E-state index in [2.05, 4.69) is 32.9 Å². The van der Waals surface area contributed by atoms with Crippen LogP contribution in [0.25, 0.3) is 0 Å². The molecule has 0 bridgehead atoms. The molecule has 0 saturated carbocycles. The summed E-state index contributed by atoms with van der Waals surface area (Å²) in [6, 6.07) is 4.58. The summed E-state index contributed by atoms with van der Waals surface area (Å²) >= 11 is 3.08. The maximum absolute atomic E-state index is 12.1. The molecule has 2 nitrogen and oxygen atoms in total. The van der Waals surface area contributed by atoms with E-state index in [0.29, 0.717) is 11.0 Å². The average molecular weight is 340 g/mol. The quantitative estimate of drug-likeness (QED) is 0.731. The Hall–Kier alpha value is -0.750. The number of halogens is 4. The highest BCUT2D eigenvalue weighted by atomic mass is 79.9. The molecule has 0 amide bonds. The van der Waals surface area contributed by atoms with Gasteiger partial charge in [0.15, 0.2) is 0 Å². The summed E-state index contributed by atoms with van der Waals surface area (Å²) in [7, 11) is 0. The fourth-order valence-corrected chi connectivity index (χ4v) is 2.10. The van der Waals surface area contributed by atoms with Crippen LogP contribution in [0.4, 0.5) is 13.2 Å². The van der Waals surface area contributed by atoms with Crippen molar-refractivity contribution in [3.63, 3.8) is 0 Å². The maximum Gasteiger partial charge on any atom is 0.573 e. The third kappa shape index (κ3) is 6.82. The van der Waals surface area contributed by atoms with Crippen molar-refractivity contribution in [2.75, 3.05) is 6.54 Å². The Morgan fingerprint density at radius 2 is 2.00 bits per heavy atom. The van der Waals surface area contributed by atoms with Crippen LogP contribution in [-0.2, 0) is 6.54 Å².